The Hall–Kier alpha value is -6.37. The molecule has 0 saturated heterocycles. The maximum atomic E-state index is 7.53. The highest BCUT2D eigenvalue weighted by atomic mass is 15.0. The van der Waals surface area contributed by atoms with Crippen LogP contribution in [-0.2, 0) is 0 Å². The van der Waals surface area contributed by atoms with Crippen LogP contribution in [0.25, 0.3) is 82.1 Å². The van der Waals surface area contributed by atoms with Crippen LogP contribution in [0, 0.1) is 6.57 Å². The van der Waals surface area contributed by atoms with Gasteiger partial charge in [0.2, 0.25) is 0 Å². The molecular weight excluding hydrogens is 558 g/mol. The van der Waals surface area contributed by atoms with Gasteiger partial charge in [0.1, 0.15) is 0 Å². The van der Waals surface area contributed by atoms with E-state index >= 15 is 0 Å². The molecule has 0 amide bonds. The maximum absolute atomic E-state index is 7.53. The zero-order valence-electron chi connectivity index (χ0n) is 24.9. The Morgan fingerprint density at radius 3 is 1.50 bits per heavy atom. The monoisotopic (exact) mass is 585 g/mol. The molecule has 9 rings (SSSR count). The van der Waals surface area contributed by atoms with Crippen molar-refractivity contribution in [3.05, 3.63) is 175 Å². The molecule has 0 spiro atoms. The van der Waals surface area contributed by atoms with Gasteiger partial charge in [0.05, 0.1) is 28.6 Å². The summed E-state index contributed by atoms with van der Waals surface area (Å²) in [6, 6.07) is 58.0. The summed E-state index contributed by atoms with van der Waals surface area (Å²) in [5.41, 5.74) is 12.1. The molecule has 3 heteroatoms. The summed E-state index contributed by atoms with van der Waals surface area (Å²) in [7, 11) is 0. The van der Waals surface area contributed by atoms with Gasteiger partial charge in [-0.25, -0.2) is 4.85 Å². The average molecular weight is 586 g/mol. The fourth-order valence-corrected chi connectivity index (χ4v) is 7.16. The Kier molecular flexibility index (Phi) is 5.88. The molecule has 46 heavy (non-hydrogen) atoms. The second-order valence-corrected chi connectivity index (χ2v) is 11.7. The minimum Gasteiger partial charge on any atom is -0.309 e. The van der Waals surface area contributed by atoms with Gasteiger partial charge in [-0.15, -0.1) is 0 Å². The Morgan fingerprint density at radius 2 is 0.870 bits per heavy atom. The molecule has 2 aromatic heterocycles. The second kappa shape index (κ2) is 10.4. The number of aromatic nitrogens is 2. The fraction of sp³-hybridized carbons (Fsp3) is 0. The summed E-state index contributed by atoms with van der Waals surface area (Å²) >= 11 is 0. The van der Waals surface area contributed by atoms with E-state index in [4.69, 9.17) is 6.57 Å². The van der Waals surface area contributed by atoms with Crippen molar-refractivity contribution in [1.82, 2.24) is 9.13 Å². The average Bonchev–Trinajstić information content (AvgIpc) is 3.65. The van der Waals surface area contributed by atoms with Crippen LogP contribution in [0.15, 0.2) is 164 Å². The predicted molar refractivity (Wildman–Crippen MR) is 192 cm³/mol. The van der Waals surface area contributed by atoms with Crippen molar-refractivity contribution < 1.29 is 0 Å². The number of para-hydroxylation sites is 5. The number of nitrogens with zero attached hydrogens (tertiary/aromatic N) is 3. The summed E-state index contributed by atoms with van der Waals surface area (Å²) in [6.45, 7) is 7.53. The van der Waals surface area contributed by atoms with Crippen LogP contribution in [-0.4, -0.2) is 9.13 Å². The quantitative estimate of drug-likeness (QED) is 0.182. The first-order chi connectivity index (χ1) is 22.8. The number of hydrogen-bond donors (Lipinski definition) is 0. The highest BCUT2D eigenvalue weighted by molar-refractivity contribution is 6.19. The van der Waals surface area contributed by atoms with E-state index in [1.807, 2.05) is 18.2 Å². The molecule has 9 aromatic rings. The molecule has 0 aliphatic carbocycles. The zero-order chi connectivity index (χ0) is 30.6. The molecule has 0 fully saturated rings. The molecule has 0 radical (unpaired) electrons. The third-order valence-electron chi connectivity index (χ3n) is 9.11. The predicted octanol–water partition coefficient (Wildman–Crippen LogP) is 11.8. The SMILES string of the molecule is [C-]#[N+]c1cccc(-c2cccc(-n3c4ccccc4c4cccc(-c5cccc6c7ccccc7n(-c7ccccc7)c56)c43)c2)c1. The summed E-state index contributed by atoms with van der Waals surface area (Å²) in [4.78, 5) is 3.67. The van der Waals surface area contributed by atoms with E-state index in [-0.39, 0.29) is 0 Å². The Bertz CT molecular complexity index is 2650. The van der Waals surface area contributed by atoms with Crippen LogP contribution in [0.5, 0.6) is 0 Å². The lowest BCUT2D eigenvalue weighted by molar-refractivity contribution is 1.17. The molecule has 0 saturated carbocycles. The van der Waals surface area contributed by atoms with E-state index in [1.165, 1.54) is 49.2 Å². The van der Waals surface area contributed by atoms with Crippen LogP contribution in [0.3, 0.4) is 0 Å². The smallest absolute Gasteiger partial charge is 0.187 e. The Labute approximate surface area is 266 Å². The van der Waals surface area contributed by atoms with Crippen LogP contribution in [0.2, 0.25) is 0 Å². The van der Waals surface area contributed by atoms with Gasteiger partial charge in [-0.1, -0.05) is 121 Å². The molecule has 0 unspecified atom stereocenters. The minimum absolute atomic E-state index is 0.643. The lowest BCUT2D eigenvalue weighted by Crippen LogP contribution is -1.98. The van der Waals surface area contributed by atoms with E-state index in [1.54, 1.807) is 0 Å². The van der Waals surface area contributed by atoms with Crippen molar-refractivity contribution in [2.24, 2.45) is 0 Å². The molecular formula is C43H27N3. The largest absolute Gasteiger partial charge is 0.309 e. The highest BCUT2D eigenvalue weighted by Gasteiger charge is 2.21. The lowest BCUT2D eigenvalue weighted by atomic mass is 9.99. The van der Waals surface area contributed by atoms with Crippen molar-refractivity contribution in [3.63, 3.8) is 0 Å². The van der Waals surface area contributed by atoms with Crippen LogP contribution in [0.4, 0.5) is 5.69 Å². The van der Waals surface area contributed by atoms with Gasteiger partial charge in [0, 0.05) is 44.0 Å². The van der Waals surface area contributed by atoms with Crippen LogP contribution >= 0.6 is 0 Å². The summed E-state index contributed by atoms with van der Waals surface area (Å²) in [5, 5.41) is 4.91. The van der Waals surface area contributed by atoms with Crippen molar-refractivity contribution in [2.75, 3.05) is 0 Å². The Morgan fingerprint density at radius 1 is 0.391 bits per heavy atom. The number of rotatable bonds is 4. The van der Waals surface area contributed by atoms with Gasteiger partial charge >= 0.3 is 0 Å². The van der Waals surface area contributed by atoms with E-state index in [9.17, 15) is 0 Å². The first-order valence-electron chi connectivity index (χ1n) is 15.5. The first-order valence-corrected chi connectivity index (χ1v) is 15.5. The zero-order valence-corrected chi connectivity index (χ0v) is 24.9. The van der Waals surface area contributed by atoms with Crippen molar-refractivity contribution >= 4 is 49.3 Å². The molecule has 0 aliphatic heterocycles. The first kappa shape index (κ1) is 26.1. The molecule has 3 nitrogen and oxygen atoms in total. The second-order valence-electron chi connectivity index (χ2n) is 11.7. The third-order valence-corrected chi connectivity index (χ3v) is 9.11. The number of fused-ring (bicyclic) bond motifs is 6. The number of hydrogen-bond acceptors (Lipinski definition) is 0. The van der Waals surface area contributed by atoms with Crippen LogP contribution in [0.1, 0.15) is 0 Å². The summed E-state index contributed by atoms with van der Waals surface area (Å²) < 4.78 is 4.83. The van der Waals surface area contributed by atoms with Crippen LogP contribution < -0.4 is 0 Å². The topological polar surface area (TPSA) is 14.2 Å². The molecule has 0 bridgehead atoms. The van der Waals surface area contributed by atoms with Gasteiger partial charge < -0.3 is 9.13 Å². The Balaban J connectivity index is 1.39. The summed E-state index contributed by atoms with van der Waals surface area (Å²) in [5.74, 6) is 0. The van der Waals surface area contributed by atoms with Gasteiger partial charge in [-0.3, -0.25) is 0 Å². The minimum atomic E-state index is 0.643. The van der Waals surface area contributed by atoms with E-state index in [2.05, 4.69) is 160 Å². The van der Waals surface area contributed by atoms with Crippen molar-refractivity contribution in [1.29, 1.82) is 0 Å². The highest BCUT2D eigenvalue weighted by Crippen LogP contribution is 2.43. The lowest BCUT2D eigenvalue weighted by Gasteiger charge is -2.15. The maximum Gasteiger partial charge on any atom is 0.187 e. The van der Waals surface area contributed by atoms with E-state index in [0.717, 1.165) is 28.0 Å². The standard InChI is InChI=1S/C43H27N3/c1-44-31-15-9-13-29(27-31)30-14-10-18-33(28-30)46-41-26-8-6-20-35(41)37-22-12-24-39(43(37)46)38-23-11-21-36-34-19-5-7-25-40(34)45(42(36)38)32-16-3-2-4-17-32/h2-28H. The summed E-state index contributed by atoms with van der Waals surface area (Å²) in [6.07, 6.45) is 0. The molecule has 2 heterocycles. The van der Waals surface area contributed by atoms with Crippen molar-refractivity contribution in [2.45, 2.75) is 0 Å². The normalized spacial score (nSPS) is 11.5. The van der Waals surface area contributed by atoms with Gasteiger partial charge in [-0.2, -0.15) is 0 Å². The van der Waals surface area contributed by atoms with Gasteiger partial charge in [0.15, 0.2) is 5.69 Å². The molecule has 0 atom stereocenters. The number of benzene rings is 7. The third kappa shape index (κ3) is 3.91. The van der Waals surface area contributed by atoms with Crippen molar-refractivity contribution in [3.8, 4) is 33.6 Å². The molecule has 214 valence electrons. The molecule has 0 N–H and O–H groups in total. The van der Waals surface area contributed by atoms with E-state index in [0.29, 0.717) is 5.69 Å². The van der Waals surface area contributed by atoms with Gasteiger partial charge in [-0.05, 0) is 53.6 Å². The molecule has 0 aliphatic rings. The van der Waals surface area contributed by atoms with E-state index < -0.39 is 0 Å². The van der Waals surface area contributed by atoms with Gasteiger partial charge in [0.25, 0.3) is 0 Å². The fourth-order valence-electron chi connectivity index (χ4n) is 7.16. The molecule has 7 aromatic carbocycles.